The highest BCUT2D eigenvalue weighted by Gasteiger charge is 2.31. The molecule has 0 bridgehead atoms. The number of carbonyl (C=O) groups excluding carboxylic acids is 3. The SMILES string of the molecule is COC(=O)c1ccc(NC(=O)NC2CC(=O)N(c3cccc(F)c3)C2)cc1. The van der Waals surface area contributed by atoms with E-state index >= 15 is 0 Å². The van der Waals surface area contributed by atoms with Gasteiger partial charge in [0.15, 0.2) is 0 Å². The van der Waals surface area contributed by atoms with Gasteiger partial charge in [-0.1, -0.05) is 6.07 Å². The number of halogens is 1. The van der Waals surface area contributed by atoms with Crippen LogP contribution in [0, 0.1) is 5.82 Å². The van der Waals surface area contributed by atoms with E-state index in [4.69, 9.17) is 0 Å². The van der Waals surface area contributed by atoms with Crippen LogP contribution in [0.5, 0.6) is 0 Å². The predicted octanol–water partition coefficient (Wildman–Crippen LogP) is 2.54. The molecule has 2 aromatic carbocycles. The number of nitrogens with one attached hydrogen (secondary N) is 2. The maximum absolute atomic E-state index is 13.4. The molecule has 1 fully saturated rings. The van der Waals surface area contributed by atoms with Gasteiger partial charge in [-0.05, 0) is 42.5 Å². The van der Waals surface area contributed by atoms with E-state index in [1.807, 2.05) is 0 Å². The number of esters is 1. The number of hydrogen-bond donors (Lipinski definition) is 2. The fraction of sp³-hybridized carbons (Fsp3) is 0.211. The third-order valence-electron chi connectivity index (χ3n) is 4.14. The van der Waals surface area contributed by atoms with Crippen molar-refractivity contribution in [2.75, 3.05) is 23.9 Å². The van der Waals surface area contributed by atoms with Crippen molar-refractivity contribution >= 4 is 29.3 Å². The van der Waals surface area contributed by atoms with Crippen molar-refractivity contribution in [2.45, 2.75) is 12.5 Å². The van der Waals surface area contributed by atoms with Crippen molar-refractivity contribution in [3.05, 3.63) is 59.9 Å². The van der Waals surface area contributed by atoms with Crippen LogP contribution < -0.4 is 15.5 Å². The molecular weight excluding hydrogens is 353 g/mol. The maximum atomic E-state index is 13.4. The number of amides is 3. The van der Waals surface area contributed by atoms with Crippen LogP contribution in [0.3, 0.4) is 0 Å². The zero-order valence-electron chi connectivity index (χ0n) is 14.6. The molecule has 7 nitrogen and oxygen atoms in total. The molecule has 1 aliphatic rings. The Morgan fingerprint density at radius 1 is 1.19 bits per heavy atom. The summed E-state index contributed by atoms with van der Waals surface area (Å²) in [5.74, 6) is -1.08. The first kappa shape index (κ1) is 18.4. The molecule has 8 heteroatoms. The number of rotatable bonds is 4. The topological polar surface area (TPSA) is 87.7 Å². The fourth-order valence-corrected chi connectivity index (χ4v) is 2.86. The minimum absolute atomic E-state index is 0.130. The third kappa shape index (κ3) is 4.41. The van der Waals surface area contributed by atoms with Crippen LogP contribution >= 0.6 is 0 Å². The second-order valence-electron chi connectivity index (χ2n) is 6.05. The molecule has 1 saturated heterocycles. The Bertz CT molecular complexity index is 870. The number of urea groups is 1. The summed E-state index contributed by atoms with van der Waals surface area (Å²) < 4.78 is 18.0. The van der Waals surface area contributed by atoms with Gasteiger partial charge < -0.3 is 20.3 Å². The molecule has 0 aromatic heterocycles. The molecule has 1 heterocycles. The van der Waals surface area contributed by atoms with Crippen molar-refractivity contribution in [3.8, 4) is 0 Å². The lowest BCUT2D eigenvalue weighted by Crippen LogP contribution is -2.39. The summed E-state index contributed by atoms with van der Waals surface area (Å²) >= 11 is 0. The number of nitrogens with zero attached hydrogens (tertiary/aromatic N) is 1. The van der Waals surface area contributed by atoms with Crippen LogP contribution in [-0.2, 0) is 9.53 Å². The zero-order chi connectivity index (χ0) is 19.4. The lowest BCUT2D eigenvalue weighted by molar-refractivity contribution is -0.117. The molecule has 2 aromatic rings. The lowest BCUT2D eigenvalue weighted by Gasteiger charge is -2.17. The van der Waals surface area contributed by atoms with Crippen LogP contribution in [-0.4, -0.2) is 37.6 Å². The van der Waals surface area contributed by atoms with Gasteiger partial charge in [0.25, 0.3) is 0 Å². The number of ether oxygens (including phenoxy) is 1. The first-order valence-electron chi connectivity index (χ1n) is 8.28. The van der Waals surface area contributed by atoms with Gasteiger partial charge in [-0.15, -0.1) is 0 Å². The second-order valence-corrected chi connectivity index (χ2v) is 6.05. The van der Waals surface area contributed by atoms with E-state index in [0.29, 0.717) is 16.9 Å². The Labute approximate surface area is 155 Å². The molecule has 2 N–H and O–H groups in total. The van der Waals surface area contributed by atoms with Crippen LogP contribution in [0.4, 0.5) is 20.6 Å². The monoisotopic (exact) mass is 371 g/mol. The molecule has 3 rings (SSSR count). The molecular formula is C19H18FN3O4. The zero-order valence-corrected chi connectivity index (χ0v) is 14.6. The number of carbonyl (C=O) groups is 3. The standard InChI is InChI=1S/C19H18FN3O4/c1-27-18(25)12-5-7-14(8-6-12)21-19(26)22-15-10-17(24)23(11-15)16-4-2-3-13(20)9-16/h2-9,15H,10-11H2,1H3,(H2,21,22,26). The van der Waals surface area contributed by atoms with Crippen molar-refractivity contribution in [3.63, 3.8) is 0 Å². The fourth-order valence-electron chi connectivity index (χ4n) is 2.86. The number of anilines is 2. The van der Waals surface area contributed by atoms with Crippen molar-refractivity contribution < 1.29 is 23.5 Å². The summed E-state index contributed by atoms with van der Waals surface area (Å²) in [7, 11) is 1.29. The Kier molecular flexibility index (Phi) is 5.35. The highest BCUT2D eigenvalue weighted by Crippen LogP contribution is 2.22. The van der Waals surface area contributed by atoms with Gasteiger partial charge in [0.05, 0.1) is 18.7 Å². The molecule has 0 saturated carbocycles. The molecule has 27 heavy (non-hydrogen) atoms. The van der Waals surface area contributed by atoms with E-state index in [-0.39, 0.29) is 18.9 Å². The van der Waals surface area contributed by atoms with Gasteiger partial charge in [0.2, 0.25) is 5.91 Å². The minimum Gasteiger partial charge on any atom is -0.465 e. The predicted molar refractivity (Wildman–Crippen MR) is 97.1 cm³/mol. The van der Waals surface area contributed by atoms with E-state index in [1.54, 1.807) is 18.2 Å². The Hall–Kier alpha value is -3.42. The number of hydrogen-bond acceptors (Lipinski definition) is 4. The van der Waals surface area contributed by atoms with Gasteiger partial charge in [-0.3, -0.25) is 4.79 Å². The molecule has 1 aliphatic heterocycles. The molecule has 0 radical (unpaired) electrons. The first-order chi connectivity index (χ1) is 13.0. The third-order valence-corrected chi connectivity index (χ3v) is 4.14. The quantitative estimate of drug-likeness (QED) is 0.809. The average Bonchev–Trinajstić information content (AvgIpc) is 3.01. The summed E-state index contributed by atoms with van der Waals surface area (Å²) in [6.45, 7) is 0.261. The van der Waals surface area contributed by atoms with Crippen molar-refractivity contribution in [2.24, 2.45) is 0 Å². The Balaban J connectivity index is 1.57. The number of benzene rings is 2. The summed E-state index contributed by atoms with van der Waals surface area (Å²) in [6.07, 6.45) is 0.130. The second kappa shape index (κ2) is 7.86. The van der Waals surface area contributed by atoms with E-state index in [2.05, 4.69) is 15.4 Å². The molecule has 0 spiro atoms. The van der Waals surface area contributed by atoms with E-state index in [0.717, 1.165) is 0 Å². The highest BCUT2D eigenvalue weighted by molar-refractivity contribution is 5.98. The largest absolute Gasteiger partial charge is 0.465 e. The summed E-state index contributed by atoms with van der Waals surface area (Å²) in [5, 5.41) is 5.36. The summed E-state index contributed by atoms with van der Waals surface area (Å²) in [4.78, 5) is 37.1. The van der Waals surface area contributed by atoms with Gasteiger partial charge in [0.1, 0.15) is 5.82 Å². The highest BCUT2D eigenvalue weighted by atomic mass is 19.1. The van der Waals surface area contributed by atoms with Crippen molar-refractivity contribution in [1.29, 1.82) is 0 Å². The molecule has 0 aliphatic carbocycles. The normalized spacial score (nSPS) is 16.1. The van der Waals surface area contributed by atoms with Crippen LogP contribution in [0.1, 0.15) is 16.8 Å². The maximum Gasteiger partial charge on any atom is 0.337 e. The van der Waals surface area contributed by atoms with Crippen LogP contribution in [0.2, 0.25) is 0 Å². The number of methoxy groups -OCH3 is 1. The van der Waals surface area contributed by atoms with Crippen LogP contribution in [0.25, 0.3) is 0 Å². The average molecular weight is 371 g/mol. The molecule has 140 valence electrons. The van der Waals surface area contributed by atoms with Gasteiger partial charge in [-0.2, -0.15) is 0 Å². The van der Waals surface area contributed by atoms with E-state index in [9.17, 15) is 18.8 Å². The Morgan fingerprint density at radius 2 is 1.93 bits per heavy atom. The minimum atomic E-state index is -0.472. The summed E-state index contributed by atoms with van der Waals surface area (Å²) in [6, 6.07) is 11.1. The summed E-state index contributed by atoms with van der Waals surface area (Å²) in [5.41, 5.74) is 1.32. The van der Waals surface area contributed by atoms with Gasteiger partial charge >= 0.3 is 12.0 Å². The Morgan fingerprint density at radius 3 is 2.59 bits per heavy atom. The van der Waals surface area contributed by atoms with E-state index in [1.165, 1.54) is 42.3 Å². The van der Waals surface area contributed by atoms with Gasteiger partial charge in [-0.25, -0.2) is 14.0 Å². The van der Waals surface area contributed by atoms with Crippen LogP contribution in [0.15, 0.2) is 48.5 Å². The molecule has 3 amide bonds. The van der Waals surface area contributed by atoms with Gasteiger partial charge in [0, 0.05) is 24.3 Å². The van der Waals surface area contributed by atoms with E-state index < -0.39 is 23.9 Å². The first-order valence-corrected chi connectivity index (χ1v) is 8.28. The molecule has 1 atom stereocenters. The smallest absolute Gasteiger partial charge is 0.337 e. The van der Waals surface area contributed by atoms with Crippen molar-refractivity contribution in [1.82, 2.24) is 5.32 Å². The molecule has 1 unspecified atom stereocenters. The lowest BCUT2D eigenvalue weighted by atomic mass is 10.2.